The largest absolute Gasteiger partial charge is 0.478 e. The van der Waals surface area contributed by atoms with Crippen molar-refractivity contribution in [1.82, 2.24) is 0 Å². The predicted octanol–water partition coefficient (Wildman–Crippen LogP) is 2.64. The van der Waals surface area contributed by atoms with Crippen molar-refractivity contribution in [2.75, 3.05) is 0 Å². The molecule has 0 amide bonds. The molecule has 0 saturated carbocycles. The van der Waals surface area contributed by atoms with Gasteiger partial charge in [0.25, 0.3) is 0 Å². The van der Waals surface area contributed by atoms with Crippen LogP contribution in [0.15, 0.2) is 11.4 Å². The molecule has 1 aromatic rings. The summed E-state index contributed by atoms with van der Waals surface area (Å²) in [6, 6.07) is 1.76. The SMILES string of the molecule is CC(C)Cc1cc(C(=O)O)cs1. The van der Waals surface area contributed by atoms with Gasteiger partial charge in [-0.15, -0.1) is 11.3 Å². The third kappa shape index (κ3) is 2.34. The van der Waals surface area contributed by atoms with Crippen LogP contribution in [-0.4, -0.2) is 11.1 Å². The number of carbonyl (C=O) groups is 1. The molecule has 0 bridgehead atoms. The first-order valence-electron chi connectivity index (χ1n) is 3.90. The number of rotatable bonds is 3. The highest BCUT2D eigenvalue weighted by atomic mass is 32.1. The average molecular weight is 184 g/mol. The van der Waals surface area contributed by atoms with Crippen LogP contribution in [0.5, 0.6) is 0 Å². The second kappa shape index (κ2) is 3.72. The average Bonchev–Trinajstić information content (AvgIpc) is 2.34. The lowest BCUT2D eigenvalue weighted by atomic mass is 10.1. The molecule has 0 spiro atoms. The molecular formula is C9H12O2S. The van der Waals surface area contributed by atoms with Crippen molar-refractivity contribution < 1.29 is 9.90 Å². The van der Waals surface area contributed by atoms with Gasteiger partial charge in [0.2, 0.25) is 0 Å². The van der Waals surface area contributed by atoms with E-state index in [1.165, 1.54) is 11.3 Å². The van der Waals surface area contributed by atoms with Crippen molar-refractivity contribution in [3.63, 3.8) is 0 Å². The molecule has 0 aliphatic heterocycles. The standard InChI is InChI=1S/C9H12O2S/c1-6(2)3-8-4-7(5-12-8)9(10)11/h4-6H,3H2,1-2H3,(H,10,11). The van der Waals surface area contributed by atoms with Crippen molar-refractivity contribution in [3.05, 3.63) is 21.9 Å². The molecule has 0 aromatic carbocycles. The third-order valence-corrected chi connectivity index (χ3v) is 2.47. The Morgan fingerprint density at radius 3 is 2.75 bits per heavy atom. The minimum Gasteiger partial charge on any atom is -0.478 e. The monoisotopic (exact) mass is 184 g/mol. The van der Waals surface area contributed by atoms with Crippen LogP contribution in [0.25, 0.3) is 0 Å². The van der Waals surface area contributed by atoms with E-state index < -0.39 is 5.97 Å². The summed E-state index contributed by atoms with van der Waals surface area (Å²) in [5.41, 5.74) is 0.413. The summed E-state index contributed by atoms with van der Waals surface area (Å²) < 4.78 is 0. The predicted molar refractivity (Wildman–Crippen MR) is 49.8 cm³/mol. The molecule has 3 heteroatoms. The number of thiophene rings is 1. The zero-order valence-corrected chi connectivity index (χ0v) is 8.02. The van der Waals surface area contributed by atoms with Gasteiger partial charge in [-0.3, -0.25) is 0 Å². The van der Waals surface area contributed by atoms with Crippen molar-refractivity contribution in [2.45, 2.75) is 20.3 Å². The Labute approximate surface area is 75.9 Å². The van der Waals surface area contributed by atoms with E-state index in [2.05, 4.69) is 13.8 Å². The number of carboxylic acids is 1. The van der Waals surface area contributed by atoms with Gasteiger partial charge in [-0.2, -0.15) is 0 Å². The van der Waals surface area contributed by atoms with Crippen LogP contribution in [0.3, 0.4) is 0 Å². The molecule has 66 valence electrons. The van der Waals surface area contributed by atoms with Gasteiger partial charge in [-0.25, -0.2) is 4.79 Å². The maximum atomic E-state index is 10.5. The van der Waals surface area contributed by atoms with E-state index >= 15 is 0 Å². The van der Waals surface area contributed by atoms with E-state index in [0.29, 0.717) is 11.5 Å². The molecule has 12 heavy (non-hydrogen) atoms. The van der Waals surface area contributed by atoms with Crippen LogP contribution >= 0.6 is 11.3 Å². The molecule has 0 radical (unpaired) electrons. The Bertz CT molecular complexity index is 276. The summed E-state index contributed by atoms with van der Waals surface area (Å²) in [6.45, 7) is 4.25. The van der Waals surface area contributed by atoms with E-state index in [-0.39, 0.29) is 0 Å². The second-order valence-electron chi connectivity index (χ2n) is 3.20. The molecule has 1 N–H and O–H groups in total. The minimum absolute atomic E-state index is 0.413. The van der Waals surface area contributed by atoms with E-state index in [4.69, 9.17) is 5.11 Å². The Hall–Kier alpha value is -0.830. The zero-order valence-electron chi connectivity index (χ0n) is 7.20. The second-order valence-corrected chi connectivity index (χ2v) is 4.20. The summed E-state index contributed by atoms with van der Waals surface area (Å²) in [7, 11) is 0. The number of hydrogen-bond donors (Lipinski definition) is 1. The highest BCUT2D eigenvalue weighted by Gasteiger charge is 2.06. The van der Waals surface area contributed by atoms with Crippen molar-refractivity contribution >= 4 is 17.3 Å². The molecule has 1 heterocycles. The normalized spacial score (nSPS) is 10.6. The van der Waals surface area contributed by atoms with Gasteiger partial charge in [-0.05, 0) is 18.4 Å². The molecule has 0 fully saturated rings. The van der Waals surface area contributed by atoms with Crippen molar-refractivity contribution in [2.24, 2.45) is 5.92 Å². The van der Waals surface area contributed by atoms with Crippen molar-refractivity contribution in [3.8, 4) is 0 Å². The topological polar surface area (TPSA) is 37.3 Å². The molecule has 1 rings (SSSR count). The van der Waals surface area contributed by atoms with Gasteiger partial charge in [0, 0.05) is 10.3 Å². The van der Waals surface area contributed by atoms with Gasteiger partial charge in [-0.1, -0.05) is 13.8 Å². The lowest BCUT2D eigenvalue weighted by Gasteiger charge is -1.98. The Kier molecular flexibility index (Phi) is 2.87. The fraction of sp³-hybridized carbons (Fsp3) is 0.444. The smallest absolute Gasteiger partial charge is 0.336 e. The summed E-state index contributed by atoms with van der Waals surface area (Å²) >= 11 is 1.53. The van der Waals surface area contributed by atoms with Crippen LogP contribution in [-0.2, 0) is 6.42 Å². The molecular weight excluding hydrogens is 172 g/mol. The summed E-state index contributed by atoms with van der Waals surface area (Å²) in [5.74, 6) is -0.244. The Morgan fingerprint density at radius 1 is 1.67 bits per heavy atom. The maximum Gasteiger partial charge on any atom is 0.336 e. The first kappa shape index (κ1) is 9.26. The molecule has 0 atom stereocenters. The summed E-state index contributed by atoms with van der Waals surface area (Å²) in [4.78, 5) is 11.7. The van der Waals surface area contributed by atoms with Gasteiger partial charge in [0.05, 0.1) is 5.56 Å². The van der Waals surface area contributed by atoms with Crippen LogP contribution < -0.4 is 0 Å². The molecule has 0 aliphatic carbocycles. The number of carboxylic acid groups (broad SMARTS) is 1. The molecule has 0 aliphatic rings. The minimum atomic E-state index is -0.832. The van der Waals surface area contributed by atoms with E-state index in [9.17, 15) is 4.79 Å². The summed E-state index contributed by atoms with van der Waals surface area (Å²) in [6.07, 6.45) is 0.970. The highest BCUT2D eigenvalue weighted by Crippen LogP contribution is 2.18. The molecule has 0 saturated heterocycles. The van der Waals surface area contributed by atoms with Crippen LogP contribution in [0.4, 0.5) is 0 Å². The Morgan fingerprint density at radius 2 is 2.33 bits per heavy atom. The molecule has 0 unspecified atom stereocenters. The summed E-state index contributed by atoms with van der Waals surface area (Å²) in [5, 5.41) is 10.3. The number of hydrogen-bond acceptors (Lipinski definition) is 2. The quantitative estimate of drug-likeness (QED) is 0.784. The van der Waals surface area contributed by atoms with Gasteiger partial charge in [0.15, 0.2) is 0 Å². The number of aromatic carboxylic acids is 1. The highest BCUT2D eigenvalue weighted by molar-refractivity contribution is 7.10. The van der Waals surface area contributed by atoms with E-state index in [1.807, 2.05) is 0 Å². The molecule has 2 nitrogen and oxygen atoms in total. The van der Waals surface area contributed by atoms with Crippen LogP contribution in [0.1, 0.15) is 29.1 Å². The van der Waals surface area contributed by atoms with E-state index in [0.717, 1.165) is 11.3 Å². The van der Waals surface area contributed by atoms with E-state index in [1.54, 1.807) is 11.4 Å². The third-order valence-electron chi connectivity index (χ3n) is 1.51. The van der Waals surface area contributed by atoms with Gasteiger partial charge in [0.1, 0.15) is 0 Å². The van der Waals surface area contributed by atoms with Crippen LogP contribution in [0, 0.1) is 5.92 Å². The van der Waals surface area contributed by atoms with Gasteiger partial charge >= 0.3 is 5.97 Å². The lowest BCUT2D eigenvalue weighted by Crippen LogP contribution is -1.93. The molecule has 1 aromatic heterocycles. The lowest BCUT2D eigenvalue weighted by molar-refractivity contribution is 0.0697. The zero-order chi connectivity index (χ0) is 9.14. The van der Waals surface area contributed by atoms with Crippen molar-refractivity contribution in [1.29, 1.82) is 0 Å². The first-order chi connectivity index (χ1) is 5.59. The first-order valence-corrected chi connectivity index (χ1v) is 4.78. The fourth-order valence-electron chi connectivity index (χ4n) is 1.00. The van der Waals surface area contributed by atoms with Gasteiger partial charge < -0.3 is 5.11 Å². The van der Waals surface area contributed by atoms with Crippen LogP contribution in [0.2, 0.25) is 0 Å². The fourth-order valence-corrected chi connectivity index (χ4v) is 2.07. The Balaban J connectivity index is 2.71. The maximum absolute atomic E-state index is 10.5.